The third-order valence-electron chi connectivity index (χ3n) is 2.33. The molecule has 3 N–H and O–H groups in total. The van der Waals surface area contributed by atoms with Gasteiger partial charge in [-0.2, -0.15) is 0 Å². The number of hydrogen-bond acceptors (Lipinski definition) is 5. The van der Waals surface area contributed by atoms with Crippen LogP contribution in [0.25, 0.3) is 0 Å². The van der Waals surface area contributed by atoms with Crippen molar-refractivity contribution in [3.8, 4) is 5.75 Å². The molecule has 0 saturated carbocycles. The SMILES string of the molecule is Cc1ncc(C(=O)Nc2ccc(O)c(C(=O)O)c2)s1. The second-order valence-electron chi connectivity index (χ2n) is 3.73. The molecule has 2 rings (SSSR count). The average Bonchev–Trinajstić information content (AvgIpc) is 2.78. The standard InChI is InChI=1S/C12H10N2O4S/c1-6-13-5-10(19-6)11(16)14-7-2-3-9(15)8(4-7)12(17)18/h2-5,15H,1H3,(H,14,16)(H,17,18). The van der Waals surface area contributed by atoms with Gasteiger partial charge in [-0.1, -0.05) is 0 Å². The average molecular weight is 278 g/mol. The zero-order valence-electron chi connectivity index (χ0n) is 9.88. The number of carbonyl (C=O) groups excluding carboxylic acids is 1. The molecule has 0 spiro atoms. The number of carbonyl (C=O) groups is 2. The van der Waals surface area contributed by atoms with E-state index in [1.54, 1.807) is 6.92 Å². The van der Waals surface area contributed by atoms with Gasteiger partial charge in [0, 0.05) is 5.69 Å². The van der Waals surface area contributed by atoms with E-state index in [0.717, 1.165) is 5.01 Å². The molecule has 0 aliphatic heterocycles. The normalized spacial score (nSPS) is 10.2. The molecule has 98 valence electrons. The largest absolute Gasteiger partial charge is 0.507 e. The van der Waals surface area contributed by atoms with Gasteiger partial charge in [0.2, 0.25) is 0 Å². The summed E-state index contributed by atoms with van der Waals surface area (Å²) in [4.78, 5) is 27.1. The fraction of sp³-hybridized carbons (Fsp3) is 0.0833. The predicted octanol–water partition coefficient (Wildman–Crippen LogP) is 2.11. The summed E-state index contributed by atoms with van der Waals surface area (Å²) in [7, 11) is 0. The van der Waals surface area contributed by atoms with Gasteiger partial charge in [-0.3, -0.25) is 4.79 Å². The molecule has 19 heavy (non-hydrogen) atoms. The molecule has 1 aromatic carbocycles. The van der Waals surface area contributed by atoms with Gasteiger partial charge < -0.3 is 15.5 Å². The van der Waals surface area contributed by atoms with E-state index in [-0.39, 0.29) is 17.2 Å². The minimum atomic E-state index is -1.26. The third-order valence-corrected chi connectivity index (χ3v) is 3.24. The lowest BCUT2D eigenvalue weighted by Crippen LogP contribution is -2.10. The van der Waals surface area contributed by atoms with E-state index < -0.39 is 5.97 Å². The van der Waals surface area contributed by atoms with Crippen molar-refractivity contribution in [1.82, 2.24) is 4.98 Å². The molecule has 1 amide bonds. The number of aromatic hydroxyl groups is 1. The molecule has 1 aromatic heterocycles. The first-order valence-corrected chi connectivity index (χ1v) is 6.09. The number of phenols is 1. The lowest BCUT2D eigenvalue weighted by Gasteiger charge is -2.05. The van der Waals surface area contributed by atoms with Gasteiger partial charge in [0.25, 0.3) is 5.91 Å². The summed E-state index contributed by atoms with van der Waals surface area (Å²) in [5, 5.41) is 21.5. The molecular weight excluding hydrogens is 268 g/mol. The van der Waals surface area contributed by atoms with Crippen molar-refractivity contribution < 1.29 is 19.8 Å². The maximum Gasteiger partial charge on any atom is 0.339 e. The molecule has 0 radical (unpaired) electrons. The molecule has 6 nitrogen and oxygen atoms in total. The van der Waals surface area contributed by atoms with Crippen molar-refractivity contribution in [2.45, 2.75) is 6.92 Å². The van der Waals surface area contributed by atoms with Crippen LogP contribution in [0, 0.1) is 6.92 Å². The molecule has 1 heterocycles. The summed E-state index contributed by atoms with van der Waals surface area (Å²) in [6.45, 7) is 1.78. The summed E-state index contributed by atoms with van der Waals surface area (Å²) in [5.41, 5.74) is 0.0320. The number of hydrogen-bond donors (Lipinski definition) is 3. The lowest BCUT2D eigenvalue weighted by atomic mass is 10.2. The molecular formula is C12H10N2O4S. The number of thiazole rings is 1. The van der Waals surface area contributed by atoms with Crippen molar-refractivity contribution >= 4 is 28.9 Å². The van der Waals surface area contributed by atoms with E-state index in [9.17, 15) is 14.7 Å². The Hall–Kier alpha value is -2.41. The van der Waals surface area contributed by atoms with Crippen LogP contribution in [0.4, 0.5) is 5.69 Å². The molecule has 7 heteroatoms. The highest BCUT2D eigenvalue weighted by atomic mass is 32.1. The number of nitrogens with zero attached hydrogens (tertiary/aromatic N) is 1. The lowest BCUT2D eigenvalue weighted by molar-refractivity contribution is 0.0693. The van der Waals surface area contributed by atoms with Gasteiger partial charge in [0.1, 0.15) is 16.2 Å². The van der Waals surface area contributed by atoms with Crippen LogP contribution in [0.1, 0.15) is 25.0 Å². The van der Waals surface area contributed by atoms with Gasteiger partial charge in [-0.05, 0) is 25.1 Å². The van der Waals surface area contributed by atoms with E-state index in [1.165, 1.54) is 35.7 Å². The van der Waals surface area contributed by atoms with E-state index in [1.807, 2.05) is 0 Å². The Labute approximate surface area is 112 Å². The third kappa shape index (κ3) is 2.89. The number of carboxylic acid groups (broad SMARTS) is 1. The second kappa shape index (κ2) is 5.07. The van der Waals surface area contributed by atoms with Crippen LogP contribution in [-0.2, 0) is 0 Å². The summed E-state index contributed by atoms with van der Waals surface area (Å²) in [5.74, 6) is -1.98. The minimum Gasteiger partial charge on any atom is -0.507 e. The summed E-state index contributed by atoms with van der Waals surface area (Å²) in [6.07, 6.45) is 1.45. The van der Waals surface area contributed by atoms with Gasteiger partial charge in [0.15, 0.2) is 0 Å². The first-order valence-electron chi connectivity index (χ1n) is 5.27. The maximum atomic E-state index is 11.8. The van der Waals surface area contributed by atoms with Crippen molar-refractivity contribution in [2.24, 2.45) is 0 Å². The van der Waals surface area contributed by atoms with Gasteiger partial charge in [-0.15, -0.1) is 11.3 Å². The molecule has 0 bridgehead atoms. The Morgan fingerprint density at radius 3 is 2.68 bits per heavy atom. The number of aryl methyl sites for hydroxylation is 1. The fourth-order valence-electron chi connectivity index (χ4n) is 1.44. The molecule has 0 aliphatic carbocycles. The Bertz CT molecular complexity index is 651. The number of anilines is 1. The zero-order valence-corrected chi connectivity index (χ0v) is 10.7. The fourth-order valence-corrected chi connectivity index (χ4v) is 2.12. The van der Waals surface area contributed by atoms with Crippen molar-refractivity contribution in [2.75, 3.05) is 5.32 Å². The van der Waals surface area contributed by atoms with Crippen LogP contribution in [0.2, 0.25) is 0 Å². The van der Waals surface area contributed by atoms with Gasteiger partial charge in [-0.25, -0.2) is 9.78 Å². The predicted molar refractivity (Wildman–Crippen MR) is 69.9 cm³/mol. The quantitative estimate of drug-likeness (QED) is 0.747. The number of amides is 1. The van der Waals surface area contributed by atoms with Gasteiger partial charge >= 0.3 is 5.97 Å². The number of nitrogens with one attached hydrogen (secondary N) is 1. The first-order chi connectivity index (χ1) is 8.97. The Morgan fingerprint density at radius 2 is 2.11 bits per heavy atom. The Kier molecular flexibility index (Phi) is 3.48. The number of rotatable bonds is 3. The zero-order chi connectivity index (χ0) is 14.0. The molecule has 2 aromatic rings. The molecule has 0 unspecified atom stereocenters. The second-order valence-corrected chi connectivity index (χ2v) is 4.97. The molecule has 0 fully saturated rings. The Balaban J connectivity index is 2.22. The number of carboxylic acids is 1. The topological polar surface area (TPSA) is 99.5 Å². The monoisotopic (exact) mass is 278 g/mol. The summed E-state index contributed by atoms with van der Waals surface area (Å²) in [6, 6.07) is 3.84. The number of aromatic carboxylic acids is 1. The van der Waals surface area contributed by atoms with Crippen molar-refractivity contribution in [3.63, 3.8) is 0 Å². The van der Waals surface area contributed by atoms with Crippen molar-refractivity contribution in [1.29, 1.82) is 0 Å². The molecule has 0 aliphatic rings. The summed E-state index contributed by atoms with van der Waals surface area (Å²) < 4.78 is 0. The smallest absolute Gasteiger partial charge is 0.339 e. The number of benzene rings is 1. The van der Waals surface area contributed by atoms with Crippen LogP contribution in [0.3, 0.4) is 0 Å². The molecule has 0 atom stereocenters. The number of aromatic nitrogens is 1. The Morgan fingerprint density at radius 1 is 1.37 bits per heavy atom. The van der Waals surface area contributed by atoms with Crippen LogP contribution in [-0.4, -0.2) is 27.1 Å². The van der Waals surface area contributed by atoms with Crippen LogP contribution < -0.4 is 5.32 Å². The van der Waals surface area contributed by atoms with E-state index in [4.69, 9.17) is 5.11 Å². The van der Waals surface area contributed by atoms with Gasteiger partial charge in [0.05, 0.1) is 11.2 Å². The first kappa shape index (κ1) is 13.0. The van der Waals surface area contributed by atoms with Crippen LogP contribution in [0.5, 0.6) is 5.75 Å². The van der Waals surface area contributed by atoms with E-state index in [2.05, 4.69) is 10.3 Å². The molecule has 0 saturated heterocycles. The van der Waals surface area contributed by atoms with Crippen LogP contribution >= 0.6 is 11.3 Å². The van der Waals surface area contributed by atoms with Crippen LogP contribution in [0.15, 0.2) is 24.4 Å². The maximum absolute atomic E-state index is 11.8. The highest BCUT2D eigenvalue weighted by Gasteiger charge is 2.13. The summed E-state index contributed by atoms with van der Waals surface area (Å²) >= 11 is 1.24. The van der Waals surface area contributed by atoms with E-state index in [0.29, 0.717) is 10.6 Å². The van der Waals surface area contributed by atoms with E-state index >= 15 is 0 Å². The minimum absolute atomic E-state index is 0.265. The highest BCUT2D eigenvalue weighted by molar-refractivity contribution is 7.13. The highest BCUT2D eigenvalue weighted by Crippen LogP contribution is 2.22. The van der Waals surface area contributed by atoms with Crippen molar-refractivity contribution in [3.05, 3.63) is 39.8 Å².